The van der Waals surface area contributed by atoms with E-state index in [9.17, 15) is 24.3 Å². The summed E-state index contributed by atoms with van der Waals surface area (Å²) in [4.78, 5) is 49.5. The molecule has 9 heteroatoms. The maximum Gasteiger partial charge on any atom is 0.306 e. The predicted molar refractivity (Wildman–Crippen MR) is 141 cm³/mol. The van der Waals surface area contributed by atoms with Gasteiger partial charge in [-0.2, -0.15) is 0 Å². The van der Waals surface area contributed by atoms with Crippen molar-refractivity contribution in [1.29, 1.82) is 0 Å². The van der Waals surface area contributed by atoms with E-state index in [2.05, 4.69) is 15.9 Å². The number of carbonyl (C=O) groups excluding carboxylic acids is 4. The van der Waals surface area contributed by atoms with Crippen molar-refractivity contribution in [1.82, 2.24) is 0 Å². The molecular weight excluding hydrogens is 564 g/mol. The molecule has 0 amide bonds. The van der Waals surface area contributed by atoms with E-state index in [1.807, 2.05) is 26.8 Å². The Kier molecular flexibility index (Phi) is 7.39. The fourth-order valence-electron chi connectivity index (χ4n) is 8.00. The molecule has 0 bridgehead atoms. The van der Waals surface area contributed by atoms with Crippen molar-refractivity contribution in [2.45, 2.75) is 88.1 Å². The number of aliphatic hydroxyl groups excluding tert-OH is 1. The van der Waals surface area contributed by atoms with E-state index in [-0.39, 0.29) is 47.6 Å². The molecule has 0 spiro atoms. The molecular formula is C28H36BrClO7. The molecule has 7 nitrogen and oxygen atoms in total. The molecule has 3 saturated carbocycles. The molecule has 0 saturated heterocycles. The molecule has 0 radical (unpaired) electrons. The number of hydrogen-bond acceptors (Lipinski definition) is 7. The zero-order chi connectivity index (χ0) is 27.6. The fourth-order valence-corrected chi connectivity index (χ4v) is 9.50. The van der Waals surface area contributed by atoms with Gasteiger partial charge in [-0.05, 0) is 48.8 Å². The van der Waals surface area contributed by atoms with Crippen LogP contribution in [0.15, 0.2) is 23.8 Å². The van der Waals surface area contributed by atoms with E-state index >= 15 is 0 Å². The van der Waals surface area contributed by atoms with Crippen LogP contribution in [-0.2, 0) is 28.7 Å². The number of ether oxygens (including phenoxy) is 2. The molecule has 4 aliphatic rings. The number of ketones is 2. The first-order chi connectivity index (χ1) is 17.2. The molecule has 0 aromatic heterocycles. The van der Waals surface area contributed by atoms with Crippen LogP contribution >= 0.6 is 27.5 Å². The lowest BCUT2D eigenvalue weighted by Gasteiger charge is -2.64. The zero-order valence-corrected chi connectivity index (χ0v) is 24.4. The second-order valence-corrected chi connectivity index (χ2v) is 13.2. The number of aliphatic hydroxyl groups is 1. The second kappa shape index (κ2) is 9.60. The predicted octanol–water partition coefficient (Wildman–Crippen LogP) is 4.46. The highest BCUT2D eigenvalue weighted by molar-refractivity contribution is 9.09. The van der Waals surface area contributed by atoms with Crippen molar-refractivity contribution in [2.75, 3.05) is 6.61 Å². The summed E-state index contributed by atoms with van der Waals surface area (Å²) in [6, 6.07) is 0. The lowest BCUT2D eigenvalue weighted by molar-refractivity contribution is -0.203. The Morgan fingerprint density at radius 2 is 1.78 bits per heavy atom. The number of halogens is 2. The van der Waals surface area contributed by atoms with E-state index in [0.29, 0.717) is 12.8 Å². The van der Waals surface area contributed by atoms with Crippen LogP contribution in [0.5, 0.6) is 0 Å². The van der Waals surface area contributed by atoms with Gasteiger partial charge in [0.25, 0.3) is 0 Å². The molecule has 37 heavy (non-hydrogen) atoms. The van der Waals surface area contributed by atoms with Crippen molar-refractivity contribution in [3.05, 3.63) is 23.8 Å². The van der Waals surface area contributed by atoms with Gasteiger partial charge in [0.05, 0.1) is 11.0 Å². The highest BCUT2D eigenvalue weighted by Crippen LogP contribution is 2.72. The molecule has 204 valence electrons. The maximum atomic E-state index is 13.9. The van der Waals surface area contributed by atoms with Crippen molar-refractivity contribution in [2.24, 2.45) is 28.6 Å². The third-order valence-corrected chi connectivity index (χ3v) is 11.6. The summed E-state index contributed by atoms with van der Waals surface area (Å²) in [7, 11) is 0. The molecule has 9 atom stereocenters. The van der Waals surface area contributed by atoms with E-state index < -0.39 is 51.7 Å². The monoisotopic (exact) mass is 598 g/mol. The minimum Gasteiger partial charge on any atom is -0.457 e. The Hall–Kier alpha value is -1.51. The van der Waals surface area contributed by atoms with Gasteiger partial charge in [0.2, 0.25) is 5.78 Å². The van der Waals surface area contributed by atoms with Crippen LogP contribution in [-0.4, -0.2) is 56.6 Å². The maximum absolute atomic E-state index is 13.9. The summed E-state index contributed by atoms with van der Waals surface area (Å²) < 4.78 is 11.3. The van der Waals surface area contributed by atoms with Gasteiger partial charge in [-0.3, -0.25) is 19.2 Å². The van der Waals surface area contributed by atoms with Gasteiger partial charge in [-0.25, -0.2) is 0 Å². The van der Waals surface area contributed by atoms with Crippen molar-refractivity contribution >= 4 is 51.0 Å². The third kappa shape index (κ3) is 3.83. The van der Waals surface area contributed by atoms with Crippen LogP contribution in [0, 0.1) is 28.6 Å². The van der Waals surface area contributed by atoms with Crippen molar-refractivity contribution in [3.63, 3.8) is 0 Å². The average molecular weight is 600 g/mol. The molecule has 1 N–H and O–H groups in total. The number of alkyl halides is 2. The Morgan fingerprint density at radius 1 is 1.14 bits per heavy atom. The largest absolute Gasteiger partial charge is 0.457 e. The van der Waals surface area contributed by atoms with Crippen LogP contribution in [0.25, 0.3) is 0 Å². The first kappa shape index (κ1) is 28.5. The minimum atomic E-state index is -1.57. The second-order valence-electron chi connectivity index (χ2n) is 11.5. The van der Waals surface area contributed by atoms with Crippen LogP contribution in [0.1, 0.15) is 66.7 Å². The first-order valence-corrected chi connectivity index (χ1v) is 14.4. The molecule has 4 aliphatic carbocycles. The zero-order valence-electron chi connectivity index (χ0n) is 22.0. The highest BCUT2D eigenvalue weighted by atomic mass is 79.9. The number of fused-ring (bicyclic) bond motifs is 5. The topological polar surface area (TPSA) is 107 Å². The SMILES string of the molecule is CCC(=O)OCC(=O)[C@@]1(OC(=O)CC)[C@@H](C)C[C@H]2[C@@H]3CC(Br)C4=CC(=O)C=C[C@]4(C)[C@@]3(Cl)[C@@H](O)C[C@@]21C. The van der Waals surface area contributed by atoms with E-state index in [1.54, 1.807) is 19.9 Å². The molecule has 4 rings (SSSR count). The van der Waals surface area contributed by atoms with E-state index in [0.717, 1.165) is 5.57 Å². The molecule has 0 aromatic carbocycles. The fraction of sp³-hybridized carbons (Fsp3) is 0.714. The Bertz CT molecular complexity index is 1090. The standard InChI is InChI=1S/C28H36BrClO7/c1-6-23(34)36-14-22(33)28(37-24(35)7-2)15(3)10-17-18-12-20(29)19-11-16(31)8-9-25(19,4)27(18,30)21(32)13-26(17,28)5/h8-9,11,15,17-18,20-21,32H,6-7,10,12-14H2,1-5H3/t15-,17-,18-,20?,21-,25-,26-,27-,28-/m0/s1. The van der Waals surface area contributed by atoms with Crippen LogP contribution in [0.3, 0.4) is 0 Å². The van der Waals surface area contributed by atoms with Crippen LogP contribution < -0.4 is 0 Å². The smallest absolute Gasteiger partial charge is 0.306 e. The minimum absolute atomic E-state index is 0.0805. The van der Waals surface area contributed by atoms with E-state index in [4.69, 9.17) is 21.1 Å². The van der Waals surface area contributed by atoms with Gasteiger partial charge in [0, 0.05) is 34.4 Å². The van der Waals surface area contributed by atoms with E-state index in [1.165, 1.54) is 6.08 Å². The summed E-state index contributed by atoms with van der Waals surface area (Å²) in [6.07, 6.45) is 5.27. The summed E-state index contributed by atoms with van der Waals surface area (Å²) >= 11 is 11.3. The van der Waals surface area contributed by atoms with Gasteiger partial charge in [-0.15, -0.1) is 11.6 Å². The van der Waals surface area contributed by atoms with Crippen molar-refractivity contribution in [3.8, 4) is 0 Å². The summed E-state index contributed by atoms with van der Waals surface area (Å²) in [5.41, 5.74) is -2.48. The number of rotatable bonds is 6. The van der Waals surface area contributed by atoms with Crippen LogP contribution in [0.4, 0.5) is 0 Å². The summed E-state index contributed by atoms with van der Waals surface area (Å²) in [5.74, 6) is -2.44. The number of hydrogen-bond donors (Lipinski definition) is 1. The van der Waals surface area contributed by atoms with Crippen molar-refractivity contribution < 1.29 is 33.8 Å². The number of esters is 2. The van der Waals surface area contributed by atoms with Gasteiger partial charge in [0.1, 0.15) is 0 Å². The molecule has 0 aromatic rings. The molecule has 0 heterocycles. The Balaban J connectivity index is 1.83. The lowest BCUT2D eigenvalue weighted by atomic mass is 9.45. The highest BCUT2D eigenvalue weighted by Gasteiger charge is 2.77. The number of allylic oxidation sites excluding steroid dienone is 4. The molecule has 1 unspecified atom stereocenters. The Morgan fingerprint density at radius 3 is 2.41 bits per heavy atom. The average Bonchev–Trinajstić information content (AvgIpc) is 3.07. The van der Waals surface area contributed by atoms with Gasteiger partial charge in [-0.1, -0.05) is 56.6 Å². The lowest BCUT2D eigenvalue weighted by Crippen LogP contribution is -2.70. The summed E-state index contributed by atoms with van der Waals surface area (Å²) in [5, 5.41) is 11.8. The quantitative estimate of drug-likeness (QED) is 0.355. The normalized spacial score (nSPS) is 44.3. The summed E-state index contributed by atoms with van der Waals surface area (Å²) in [6.45, 7) is 8.55. The van der Waals surface area contributed by atoms with Gasteiger partial charge in [0.15, 0.2) is 18.0 Å². The molecule has 3 fully saturated rings. The van der Waals surface area contributed by atoms with Gasteiger partial charge < -0.3 is 14.6 Å². The number of Topliss-reactive ketones (excluding diaryl/α,β-unsaturated/α-hetero) is 1. The van der Waals surface area contributed by atoms with Crippen LogP contribution in [0.2, 0.25) is 0 Å². The Labute approximate surface area is 231 Å². The third-order valence-electron chi connectivity index (χ3n) is 9.80. The number of carbonyl (C=O) groups is 4. The molecule has 0 aliphatic heterocycles. The van der Waals surface area contributed by atoms with Gasteiger partial charge >= 0.3 is 11.9 Å². The first-order valence-electron chi connectivity index (χ1n) is 13.1.